The number of fused-ring (bicyclic) bond motifs is 2. The molecule has 2 aliphatic carbocycles. The van der Waals surface area contributed by atoms with Gasteiger partial charge in [0.25, 0.3) is 0 Å². The van der Waals surface area contributed by atoms with Crippen LogP contribution in [0, 0.1) is 0 Å². The smallest absolute Gasteiger partial charge is 0.435 e. The molecule has 0 saturated carbocycles. The van der Waals surface area contributed by atoms with Crippen LogP contribution < -0.4 is 5.32 Å². The molecule has 0 unspecified atom stereocenters. The molecule has 162 valence electrons. The lowest BCUT2D eigenvalue weighted by atomic mass is 9.95. The normalized spacial score (nSPS) is 15.6. The average Bonchev–Trinajstić information content (AvgIpc) is 3.35. The van der Waals surface area contributed by atoms with Gasteiger partial charge in [-0.05, 0) is 57.4 Å². The first-order chi connectivity index (χ1) is 14.3. The summed E-state index contributed by atoms with van der Waals surface area (Å²) >= 11 is 1.35. The van der Waals surface area contributed by atoms with Gasteiger partial charge in [-0.25, -0.2) is 4.79 Å². The maximum atomic E-state index is 13.3. The highest BCUT2D eigenvalue weighted by Crippen LogP contribution is 2.39. The predicted molar refractivity (Wildman–Crippen MR) is 105 cm³/mol. The first kappa shape index (κ1) is 20.9. The summed E-state index contributed by atoms with van der Waals surface area (Å²) in [6.07, 6.45) is 0.416. The van der Waals surface area contributed by atoms with E-state index in [1.54, 1.807) is 6.92 Å². The van der Waals surface area contributed by atoms with E-state index < -0.39 is 23.7 Å². The summed E-state index contributed by atoms with van der Waals surface area (Å²) in [4.78, 5) is 26.2. The van der Waals surface area contributed by atoms with Gasteiger partial charge < -0.3 is 10.1 Å². The molecular weight excluding hydrogens is 419 g/mol. The number of rotatable bonds is 5. The molecule has 0 bridgehead atoms. The molecule has 1 N–H and O–H groups in total. The Balaban J connectivity index is 1.58. The van der Waals surface area contributed by atoms with E-state index in [1.807, 2.05) is 0 Å². The molecule has 0 spiro atoms. The van der Waals surface area contributed by atoms with Crippen molar-refractivity contribution >= 4 is 28.2 Å². The van der Waals surface area contributed by atoms with Gasteiger partial charge in [-0.15, -0.1) is 11.3 Å². The number of hydrogen-bond acceptors (Lipinski definition) is 5. The maximum Gasteiger partial charge on any atom is 0.435 e. The number of thiophene rings is 1. The number of carbonyl (C=O) groups is 2. The van der Waals surface area contributed by atoms with E-state index in [0.29, 0.717) is 35.5 Å². The standard InChI is InChI=1S/C20H22F3N3O3S/c1-2-29-19(28)16-12-6-3-4-9-14(12)30-18(16)24-15(27)10-26-13-8-5-7-11(13)17(25-26)20(21,22)23/h2-10H2,1H3,(H,24,27). The zero-order chi connectivity index (χ0) is 21.5. The zero-order valence-electron chi connectivity index (χ0n) is 16.5. The second kappa shape index (κ2) is 8.05. The number of aromatic nitrogens is 2. The highest BCUT2D eigenvalue weighted by Gasteiger charge is 2.40. The molecule has 0 saturated heterocycles. The van der Waals surface area contributed by atoms with Crippen LogP contribution in [0.3, 0.4) is 0 Å². The highest BCUT2D eigenvalue weighted by molar-refractivity contribution is 7.17. The van der Waals surface area contributed by atoms with E-state index in [1.165, 1.54) is 11.3 Å². The number of anilines is 1. The second-order valence-corrected chi connectivity index (χ2v) is 8.57. The van der Waals surface area contributed by atoms with Crippen LogP contribution in [0.4, 0.5) is 18.2 Å². The molecule has 30 heavy (non-hydrogen) atoms. The fraction of sp³-hybridized carbons (Fsp3) is 0.550. The summed E-state index contributed by atoms with van der Waals surface area (Å²) < 4.78 is 46.1. The van der Waals surface area contributed by atoms with Crippen molar-refractivity contribution in [2.24, 2.45) is 0 Å². The Kier molecular flexibility index (Phi) is 5.61. The van der Waals surface area contributed by atoms with Crippen LogP contribution in [0.5, 0.6) is 0 Å². The monoisotopic (exact) mass is 441 g/mol. The van der Waals surface area contributed by atoms with Crippen LogP contribution in [-0.2, 0) is 47.9 Å². The molecule has 0 aliphatic heterocycles. The first-order valence-electron chi connectivity index (χ1n) is 10.1. The number of amides is 1. The van der Waals surface area contributed by atoms with Crippen LogP contribution >= 0.6 is 11.3 Å². The fourth-order valence-corrected chi connectivity index (χ4v) is 5.54. The van der Waals surface area contributed by atoms with E-state index in [2.05, 4.69) is 10.4 Å². The van der Waals surface area contributed by atoms with Crippen LogP contribution in [-0.4, -0.2) is 28.3 Å². The number of halogens is 3. The Morgan fingerprint density at radius 1 is 1.13 bits per heavy atom. The molecule has 10 heteroatoms. The second-order valence-electron chi connectivity index (χ2n) is 7.47. The lowest BCUT2D eigenvalue weighted by Crippen LogP contribution is -2.22. The highest BCUT2D eigenvalue weighted by atomic mass is 32.1. The van der Waals surface area contributed by atoms with Gasteiger partial charge >= 0.3 is 12.1 Å². The van der Waals surface area contributed by atoms with Crippen molar-refractivity contribution < 1.29 is 27.5 Å². The largest absolute Gasteiger partial charge is 0.462 e. The minimum atomic E-state index is -4.54. The number of ether oxygens (including phenoxy) is 1. The molecule has 0 aromatic carbocycles. The van der Waals surface area contributed by atoms with Crippen molar-refractivity contribution in [2.45, 2.75) is 64.6 Å². The number of alkyl halides is 3. The van der Waals surface area contributed by atoms with E-state index in [-0.39, 0.29) is 18.7 Å². The molecular formula is C20H22F3N3O3S. The summed E-state index contributed by atoms with van der Waals surface area (Å²) in [6, 6.07) is 0. The van der Waals surface area contributed by atoms with Crippen LogP contribution in [0.1, 0.15) is 63.9 Å². The summed E-state index contributed by atoms with van der Waals surface area (Å²) in [6.45, 7) is 1.60. The average molecular weight is 441 g/mol. The van der Waals surface area contributed by atoms with Gasteiger partial charge in [0.05, 0.1) is 12.2 Å². The van der Waals surface area contributed by atoms with Crippen molar-refractivity contribution in [1.29, 1.82) is 0 Å². The van der Waals surface area contributed by atoms with E-state index in [4.69, 9.17) is 4.74 Å². The van der Waals surface area contributed by atoms with Crippen LogP contribution in [0.2, 0.25) is 0 Å². The van der Waals surface area contributed by atoms with E-state index in [9.17, 15) is 22.8 Å². The molecule has 0 radical (unpaired) electrons. The number of aryl methyl sites for hydroxylation is 1. The van der Waals surface area contributed by atoms with Crippen molar-refractivity contribution in [3.8, 4) is 0 Å². The lowest BCUT2D eigenvalue weighted by molar-refractivity contribution is -0.142. The maximum absolute atomic E-state index is 13.3. The Labute approximate surface area is 175 Å². The third-order valence-electron chi connectivity index (χ3n) is 5.47. The van der Waals surface area contributed by atoms with Gasteiger partial charge in [0.1, 0.15) is 11.5 Å². The molecule has 2 aliphatic rings. The fourth-order valence-electron chi connectivity index (χ4n) is 4.24. The molecule has 2 heterocycles. The van der Waals surface area contributed by atoms with Gasteiger partial charge in [-0.1, -0.05) is 0 Å². The lowest BCUT2D eigenvalue weighted by Gasteiger charge is -2.12. The van der Waals surface area contributed by atoms with Crippen molar-refractivity contribution in [3.63, 3.8) is 0 Å². The van der Waals surface area contributed by atoms with Gasteiger partial charge in [0.15, 0.2) is 5.69 Å². The van der Waals surface area contributed by atoms with E-state index >= 15 is 0 Å². The Bertz CT molecular complexity index is 994. The summed E-state index contributed by atoms with van der Waals surface area (Å²) in [5, 5.41) is 6.82. The number of nitrogens with one attached hydrogen (secondary N) is 1. The topological polar surface area (TPSA) is 73.2 Å². The minimum Gasteiger partial charge on any atom is -0.462 e. The van der Waals surface area contributed by atoms with Crippen LogP contribution in [0.15, 0.2) is 0 Å². The van der Waals surface area contributed by atoms with Gasteiger partial charge in [0, 0.05) is 16.1 Å². The minimum absolute atomic E-state index is 0.189. The first-order valence-corrected chi connectivity index (χ1v) is 10.9. The molecule has 0 fully saturated rings. The third kappa shape index (κ3) is 3.84. The van der Waals surface area contributed by atoms with Crippen molar-refractivity contribution in [1.82, 2.24) is 9.78 Å². The summed E-state index contributed by atoms with van der Waals surface area (Å²) in [5.74, 6) is -0.989. The number of carbonyl (C=O) groups excluding carboxylic acids is 2. The van der Waals surface area contributed by atoms with Gasteiger partial charge in [-0.3, -0.25) is 9.48 Å². The summed E-state index contributed by atoms with van der Waals surface area (Å²) in [5.41, 5.74) is 1.05. The number of nitrogens with zero attached hydrogens (tertiary/aromatic N) is 2. The Morgan fingerprint density at radius 3 is 2.60 bits per heavy atom. The SMILES string of the molecule is CCOC(=O)c1c(NC(=O)Cn2nc(C(F)(F)F)c3c2CCC3)sc2c1CCCC2. The predicted octanol–water partition coefficient (Wildman–Crippen LogP) is 4.15. The van der Waals surface area contributed by atoms with Crippen molar-refractivity contribution in [2.75, 3.05) is 11.9 Å². The Hall–Kier alpha value is -2.36. The van der Waals surface area contributed by atoms with Gasteiger partial charge in [-0.2, -0.15) is 18.3 Å². The van der Waals surface area contributed by atoms with Gasteiger partial charge in [0.2, 0.25) is 5.91 Å². The molecule has 2 aromatic heterocycles. The van der Waals surface area contributed by atoms with E-state index in [0.717, 1.165) is 40.8 Å². The summed E-state index contributed by atoms with van der Waals surface area (Å²) in [7, 11) is 0. The molecule has 0 atom stereocenters. The molecule has 6 nitrogen and oxygen atoms in total. The quantitative estimate of drug-likeness (QED) is 0.708. The molecule has 4 rings (SSSR count). The third-order valence-corrected chi connectivity index (χ3v) is 6.68. The number of hydrogen-bond donors (Lipinski definition) is 1. The number of esters is 1. The Morgan fingerprint density at radius 2 is 1.87 bits per heavy atom. The molecule has 1 amide bonds. The molecule has 2 aromatic rings. The van der Waals surface area contributed by atoms with Crippen LogP contribution in [0.25, 0.3) is 0 Å². The zero-order valence-corrected chi connectivity index (χ0v) is 17.3. The van der Waals surface area contributed by atoms with Crippen molar-refractivity contribution in [3.05, 3.63) is 33.0 Å².